The molecule has 3 rings (SSSR count). The summed E-state index contributed by atoms with van der Waals surface area (Å²) in [6.45, 7) is 1.95. The number of carbonyl (C=O) groups is 2. The van der Waals surface area contributed by atoms with E-state index in [1.54, 1.807) is 18.5 Å². The smallest absolute Gasteiger partial charge is 0.307 e. The molecule has 1 aromatic carbocycles. The van der Waals surface area contributed by atoms with Gasteiger partial charge in [0.05, 0.1) is 11.3 Å². The minimum absolute atomic E-state index is 0.0276. The first-order valence-electron chi connectivity index (χ1n) is 8.37. The molecule has 0 aliphatic heterocycles. The van der Waals surface area contributed by atoms with Gasteiger partial charge in [0.15, 0.2) is 11.9 Å². The molecule has 1 unspecified atom stereocenters. The van der Waals surface area contributed by atoms with Crippen molar-refractivity contribution < 1.29 is 14.3 Å². The van der Waals surface area contributed by atoms with Crippen LogP contribution in [0, 0.1) is 6.92 Å². The van der Waals surface area contributed by atoms with Crippen LogP contribution in [0.25, 0.3) is 0 Å². The average molecular weight is 365 g/mol. The number of benzene rings is 1. The number of Topliss-reactive ketones (excluding diaryl/α,β-unsaturated/α-hetero) is 1. The lowest BCUT2D eigenvalue weighted by molar-refractivity contribution is -0.147. The fraction of sp³-hybridized carbons (Fsp3) is 0.190. The number of aryl methyl sites for hydroxylation is 1. The van der Waals surface area contributed by atoms with Crippen LogP contribution in [0.1, 0.15) is 44.6 Å². The maximum Gasteiger partial charge on any atom is 0.307 e. The van der Waals surface area contributed by atoms with Gasteiger partial charge in [-0.1, -0.05) is 30.3 Å². The molecule has 0 aliphatic carbocycles. The Balaban J connectivity index is 1.67. The Kier molecular flexibility index (Phi) is 5.92. The number of thiophene rings is 1. The van der Waals surface area contributed by atoms with E-state index in [1.165, 1.54) is 11.3 Å². The summed E-state index contributed by atoms with van der Waals surface area (Å²) in [5.41, 5.74) is 1.73. The molecular weight excluding hydrogens is 346 g/mol. The predicted molar refractivity (Wildman–Crippen MR) is 101 cm³/mol. The van der Waals surface area contributed by atoms with E-state index in [-0.39, 0.29) is 18.6 Å². The van der Waals surface area contributed by atoms with Gasteiger partial charge in [0.2, 0.25) is 0 Å². The van der Waals surface area contributed by atoms with Crippen molar-refractivity contribution in [1.29, 1.82) is 0 Å². The van der Waals surface area contributed by atoms with Gasteiger partial charge in [-0.25, -0.2) is 0 Å². The van der Waals surface area contributed by atoms with Crippen LogP contribution < -0.4 is 0 Å². The van der Waals surface area contributed by atoms with Crippen LogP contribution in [0.4, 0.5) is 0 Å². The molecule has 132 valence electrons. The molecule has 26 heavy (non-hydrogen) atoms. The molecule has 0 saturated heterocycles. The van der Waals surface area contributed by atoms with E-state index in [0.29, 0.717) is 4.88 Å². The Morgan fingerprint density at radius 3 is 2.31 bits per heavy atom. The standard InChI is InChI=1S/C21H19NO3S/c1-15-7-9-19(26-15)18(23)8-10-20(24)25-21(16-5-3-2-4-6-16)17-11-13-22-14-12-17/h2-7,9,11-14,21H,8,10H2,1H3. The summed E-state index contributed by atoms with van der Waals surface area (Å²) in [6.07, 6.45) is 3.04. The quantitative estimate of drug-likeness (QED) is 0.448. The Morgan fingerprint density at radius 1 is 0.962 bits per heavy atom. The molecule has 2 aromatic heterocycles. The Hall–Kier alpha value is -2.79. The minimum atomic E-state index is -0.509. The number of pyridine rings is 1. The van der Waals surface area contributed by atoms with Gasteiger partial charge in [-0.05, 0) is 36.8 Å². The van der Waals surface area contributed by atoms with Crippen LogP contribution >= 0.6 is 11.3 Å². The fourth-order valence-corrected chi connectivity index (χ4v) is 3.44. The van der Waals surface area contributed by atoms with Crippen molar-refractivity contribution in [3.05, 3.63) is 87.9 Å². The molecule has 0 bridgehead atoms. The van der Waals surface area contributed by atoms with Gasteiger partial charge >= 0.3 is 5.97 Å². The van der Waals surface area contributed by atoms with Crippen LogP contribution in [-0.2, 0) is 9.53 Å². The maximum absolute atomic E-state index is 12.4. The van der Waals surface area contributed by atoms with E-state index in [0.717, 1.165) is 16.0 Å². The van der Waals surface area contributed by atoms with Gasteiger partial charge in [-0.2, -0.15) is 0 Å². The zero-order chi connectivity index (χ0) is 18.4. The first-order valence-corrected chi connectivity index (χ1v) is 9.19. The van der Waals surface area contributed by atoms with E-state index in [1.807, 2.05) is 55.5 Å². The summed E-state index contributed by atoms with van der Waals surface area (Å²) < 4.78 is 5.70. The third-order valence-corrected chi connectivity index (χ3v) is 4.97. The number of carbonyl (C=O) groups excluding carboxylic acids is 2. The molecular formula is C21H19NO3S. The molecule has 1 atom stereocenters. The topological polar surface area (TPSA) is 56.3 Å². The summed E-state index contributed by atoms with van der Waals surface area (Å²) >= 11 is 1.45. The van der Waals surface area contributed by atoms with Gasteiger partial charge in [0, 0.05) is 29.3 Å². The van der Waals surface area contributed by atoms with Gasteiger partial charge in [0.1, 0.15) is 0 Å². The van der Waals surface area contributed by atoms with Gasteiger partial charge in [-0.15, -0.1) is 11.3 Å². The molecule has 0 spiro atoms. The third-order valence-electron chi connectivity index (χ3n) is 3.93. The third kappa shape index (κ3) is 4.64. The van der Waals surface area contributed by atoms with Crippen LogP contribution in [0.2, 0.25) is 0 Å². The predicted octanol–water partition coefficient (Wildman–Crippen LogP) is 4.75. The lowest BCUT2D eigenvalue weighted by Gasteiger charge is -2.18. The molecule has 0 fully saturated rings. The van der Waals surface area contributed by atoms with E-state index >= 15 is 0 Å². The number of hydrogen-bond donors (Lipinski definition) is 0. The van der Waals surface area contributed by atoms with Crippen LogP contribution in [-0.4, -0.2) is 16.7 Å². The number of rotatable bonds is 7. The number of ketones is 1. The van der Waals surface area contributed by atoms with E-state index < -0.39 is 12.1 Å². The van der Waals surface area contributed by atoms with E-state index in [4.69, 9.17) is 4.74 Å². The highest BCUT2D eigenvalue weighted by atomic mass is 32.1. The number of ether oxygens (including phenoxy) is 1. The zero-order valence-corrected chi connectivity index (χ0v) is 15.2. The summed E-state index contributed by atoms with van der Waals surface area (Å²) in [6, 6.07) is 16.9. The Morgan fingerprint density at radius 2 is 1.65 bits per heavy atom. The number of aromatic nitrogens is 1. The van der Waals surface area contributed by atoms with Crippen LogP contribution in [0.15, 0.2) is 67.0 Å². The minimum Gasteiger partial charge on any atom is -0.453 e. The van der Waals surface area contributed by atoms with Crippen LogP contribution in [0.3, 0.4) is 0 Å². The lowest BCUT2D eigenvalue weighted by atomic mass is 10.0. The molecule has 0 N–H and O–H groups in total. The average Bonchev–Trinajstić information content (AvgIpc) is 3.12. The fourth-order valence-electron chi connectivity index (χ4n) is 2.61. The van der Waals surface area contributed by atoms with Gasteiger partial charge in [0.25, 0.3) is 0 Å². The van der Waals surface area contributed by atoms with Gasteiger partial charge < -0.3 is 4.74 Å². The zero-order valence-electron chi connectivity index (χ0n) is 14.4. The summed E-state index contributed by atoms with van der Waals surface area (Å²) in [7, 11) is 0. The SMILES string of the molecule is Cc1ccc(C(=O)CCC(=O)OC(c2ccccc2)c2ccncc2)s1. The molecule has 4 nitrogen and oxygen atoms in total. The molecule has 0 saturated carbocycles. The lowest BCUT2D eigenvalue weighted by Crippen LogP contribution is -2.14. The molecule has 0 radical (unpaired) electrons. The number of esters is 1. The second-order valence-electron chi connectivity index (χ2n) is 5.89. The van der Waals surface area contributed by atoms with Crippen molar-refractivity contribution in [1.82, 2.24) is 4.98 Å². The number of hydrogen-bond acceptors (Lipinski definition) is 5. The van der Waals surface area contributed by atoms with Gasteiger partial charge in [-0.3, -0.25) is 14.6 Å². The number of nitrogens with zero attached hydrogens (tertiary/aromatic N) is 1. The highest BCUT2D eigenvalue weighted by Crippen LogP contribution is 2.26. The second-order valence-corrected chi connectivity index (χ2v) is 7.18. The Bertz CT molecular complexity index is 835. The molecule has 3 aromatic rings. The highest BCUT2D eigenvalue weighted by Gasteiger charge is 2.20. The normalized spacial score (nSPS) is 11.7. The van der Waals surface area contributed by atoms with Crippen molar-refractivity contribution in [2.45, 2.75) is 25.9 Å². The summed E-state index contributed by atoms with van der Waals surface area (Å²) in [5, 5.41) is 0. The highest BCUT2D eigenvalue weighted by molar-refractivity contribution is 7.14. The second kappa shape index (κ2) is 8.54. The largest absolute Gasteiger partial charge is 0.453 e. The van der Waals surface area contributed by atoms with Crippen LogP contribution in [0.5, 0.6) is 0 Å². The van der Waals surface area contributed by atoms with Crippen molar-refractivity contribution in [2.75, 3.05) is 0 Å². The molecule has 5 heteroatoms. The van der Waals surface area contributed by atoms with E-state index in [2.05, 4.69) is 4.98 Å². The van der Waals surface area contributed by atoms with Crippen molar-refractivity contribution in [3.8, 4) is 0 Å². The monoisotopic (exact) mass is 365 g/mol. The van der Waals surface area contributed by atoms with E-state index in [9.17, 15) is 9.59 Å². The van der Waals surface area contributed by atoms with Crippen molar-refractivity contribution in [3.63, 3.8) is 0 Å². The molecule has 2 heterocycles. The molecule has 0 aliphatic rings. The first kappa shape index (κ1) is 18.0. The maximum atomic E-state index is 12.4. The summed E-state index contributed by atoms with van der Waals surface area (Å²) in [5.74, 6) is -0.419. The Labute approximate surface area is 156 Å². The van der Waals surface area contributed by atoms with Crippen molar-refractivity contribution >= 4 is 23.1 Å². The molecule has 0 amide bonds. The first-order chi connectivity index (χ1) is 12.6. The van der Waals surface area contributed by atoms with Crippen molar-refractivity contribution in [2.24, 2.45) is 0 Å². The summed E-state index contributed by atoms with van der Waals surface area (Å²) in [4.78, 5) is 30.3.